The van der Waals surface area contributed by atoms with Crippen LogP contribution in [0.1, 0.15) is 63.9 Å². The molecular formula is C31H37N3O5. The van der Waals surface area contributed by atoms with E-state index < -0.39 is 0 Å². The van der Waals surface area contributed by atoms with Gasteiger partial charge in [0.15, 0.2) is 0 Å². The minimum atomic E-state index is -0.375. The van der Waals surface area contributed by atoms with Gasteiger partial charge in [0.25, 0.3) is 11.8 Å². The van der Waals surface area contributed by atoms with Gasteiger partial charge in [-0.05, 0) is 53.8 Å². The lowest BCUT2D eigenvalue weighted by Gasteiger charge is -2.15. The fraction of sp³-hybridized carbons (Fsp3) is 0.323. The van der Waals surface area contributed by atoms with E-state index >= 15 is 0 Å². The number of hydroxylamine groups is 1. The zero-order valence-electron chi connectivity index (χ0n) is 22.8. The highest BCUT2D eigenvalue weighted by atomic mass is 16.5. The van der Waals surface area contributed by atoms with Crippen LogP contribution in [0.4, 0.5) is 0 Å². The molecule has 8 nitrogen and oxygen atoms in total. The minimum Gasteiger partial charge on any atom is -0.496 e. The third-order valence-electron chi connectivity index (χ3n) is 6.50. The van der Waals surface area contributed by atoms with Crippen molar-refractivity contribution in [2.75, 3.05) is 27.7 Å². The number of ether oxygens (including phenoxy) is 1. The number of amides is 3. The van der Waals surface area contributed by atoms with E-state index in [1.54, 1.807) is 31.6 Å². The molecule has 8 heteroatoms. The first-order valence-electron chi connectivity index (χ1n) is 13.1. The van der Waals surface area contributed by atoms with Crippen LogP contribution in [0.25, 0.3) is 11.1 Å². The SMILES string of the molecule is COc1c(Cc2ccc(C(=O)N(C)C)cc2)cccc1-c1ccc(C(=O)NCCCCCCC(=O)NO)cc1. The van der Waals surface area contributed by atoms with Crippen LogP contribution in [-0.4, -0.2) is 55.6 Å². The van der Waals surface area contributed by atoms with Crippen LogP contribution in [0, 0.1) is 0 Å². The lowest BCUT2D eigenvalue weighted by atomic mass is 9.96. The lowest BCUT2D eigenvalue weighted by Crippen LogP contribution is -2.24. The average Bonchev–Trinajstić information content (AvgIpc) is 2.96. The molecule has 0 saturated carbocycles. The van der Waals surface area contributed by atoms with Crippen LogP contribution >= 0.6 is 0 Å². The van der Waals surface area contributed by atoms with Crippen molar-refractivity contribution < 1.29 is 24.3 Å². The van der Waals surface area contributed by atoms with Gasteiger partial charge in [-0.15, -0.1) is 0 Å². The first-order valence-corrected chi connectivity index (χ1v) is 13.1. The Bertz CT molecular complexity index is 1250. The van der Waals surface area contributed by atoms with Gasteiger partial charge in [-0.2, -0.15) is 0 Å². The zero-order chi connectivity index (χ0) is 28.2. The van der Waals surface area contributed by atoms with Crippen molar-refractivity contribution in [1.82, 2.24) is 15.7 Å². The van der Waals surface area contributed by atoms with E-state index in [9.17, 15) is 14.4 Å². The standard InChI is InChI=1S/C31H37N3O5/c1-34(2)31(37)25-14-12-22(13-15-25)21-26-9-8-10-27(29(26)39-3)23-16-18-24(19-17-23)30(36)32-20-7-5-4-6-11-28(35)33-38/h8-10,12-19,38H,4-7,11,20-21H2,1-3H3,(H,32,36)(H,33,35). The van der Waals surface area contributed by atoms with Gasteiger partial charge in [-0.25, -0.2) is 5.48 Å². The number of unbranched alkanes of at least 4 members (excludes halogenated alkanes) is 3. The van der Waals surface area contributed by atoms with E-state index in [1.165, 1.54) is 0 Å². The summed E-state index contributed by atoms with van der Waals surface area (Å²) in [6.45, 7) is 0.562. The highest BCUT2D eigenvalue weighted by Crippen LogP contribution is 2.34. The van der Waals surface area contributed by atoms with Crippen LogP contribution in [0.3, 0.4) is 0 Å². The maximum atomic E-state index is 12.6. The minimum absolute atomic E-state index is 0.0275. The summed E-state index contributed by atoms with van der Waals surface area (Å²) >= 11 is 0. The molecule has 3 aromatic rings. The maximum absolute atomic E-state index is 12.6. The number of hydrogen-bond acceptors (Lipinski definition) is 5. The molecule has 0 aromatic heterocycles. The van der Waals surface area contributed by atoms with Gasteiger partial charge in [0, 0.05) is 50.2 Å². The quantitative estimate of drug-likeness (QED) is 0.166. The number of carbonyl (C=O) groups is 3. The van der Waals surface area contributed by atoms with Crippen LogP contribution < -0.4 is 15.5 Å². The van der Waals surface area contributed by atoms with Crippen molar-refractivity contribution >= 4 is 17.7 Å². The molecule has 0 heterocycles. The van der Waals surface area contributed by atoms with Crippen LogP contribution in [0.5, 0.6) is 5.75 Å². The van der Waals surface area contributed by atoms with E-state index in [4.69, 9.17) is 9.94 Å². The normalized spacial score (nSPS) is 10.6. The summed E-state index contributed by atoms with van der Waals surface area (Å²) in [7, 11) is 5.13. The average molecular weight is 532 g/mol. The second-order valence-electron chi connectivity index (χ2n) is 9.60. The van der Waals surface area contributed by atoms with Gasteiger partial charge in [0.1, 0.15) is 5.75 Å². The van der Waals surface area contributed by atoms with Gasteiger partial charge >= 0.3 is 0 Å². The monoisotopic (exact) mass is 531 g/mol. The van der Waals surface area contributed by atoms with Gasteiger partial charge in [0.05, 0.1) is 7.11 Å². The van der Waals surface area contributed by atoms with Gasteiger partial charge in [0.2, 0.25) is 5.91 Å². The molecule has 0 aliphatic rings. The second kappa shape index (κ2) is 14.7. The Morgan fingerprint density at radius 2 is 1.51 bits per heavy atom. The van der Waals surface area contributed by atoms with Crippen molar-refractivity contribution in [2.45, 2.75) is 38.5 Å². The number of nitrogens with one attached hydrogen (secondary N) is 2. The third kappa shape index (κ3) is 8.41. The third-order valence-corrected chi connectivity index (χ3v) is 6.50. The molecule has 3 N–H and O–H groups in total. The molecule has 0 bridgehead atoms. The number of methoxy groups -OCH3 is 1. The summed E-state index contributed by atoms with van der Waals surface area (Å²) in [6, 6.07) is 21.1. The Morgan fingerprint density at radius 3 is 2.15 bits per heavy atom. The molecular weight excluding hydrogens is 494 g/mol. The lowest BCUT2D eigenvalue weighted by molar-refractivity contribution is -0.129. The number of hydrogen-bond donors (Lipinski definition) is 3. The predicted molar refractivity (Wildman–Crippen MR) is 151 cm³/mol. The molecule has 0 fully saturated rings. The van der Waals surface area contributed by atoms with Crippen LogP contribution in [0.15, 0.2) is 66.7 Å². The number of para-hydroxylation sites is 1. The zero-order valence-corrected chi connectivity index (χ0v) is 22.8. The highest BCUT2D eigenvalue weighted by molar-refractivity contribution is 5.95. The molecule has 0 unspecified atom stereocenters. The van der Waals surface area contributed by atoms with Crippen LogP contribution in [-0.2, 0) is 11.2 Å². The number of rotatable bonds is 13. The Morgan fingerprint density at radius 1 is 0.846 bits per heavy atom. The molecule has 206 valence electrons. The largest absolute Gasteiger partial charge is 0.496 e. The molecule has 0 radical (unpaired) electrons. The van der Waals surface area contributed by atoms with E-state index in [0.717, 1.165) is 47.3 Å². The molecule has 0 spiro atoms. The fourth-order valence-electron chi connectivity index (χ4n) is 4.36. The van der Waals surface area contributed by atoms with Crippen molar-refractivity contribution in [1.29, 1.82) is 0 Å². The van der Waals surface area contributed by atoms with Crippen molar-refractivity contribution in [3.63, 3.8) is 0 Å². The smallest absolute Gasteiger partial charge is 0.253 e. The Balaban J connectivity index is 1.60. The Labute approximate surface area is 229 Å². The maximum Gasteiger partial charge on any atom is 0.253 e. The summed E-state index contributed by atoms with van der Waals surface area (Å²) in [5.74, 6) is 0.248. The molecule has 0 saturated heterocycles. The van der Waals surface area contributed by atoms with Gasteiger partial charge in [-0.1, -0.05) is 55.3 Å². The van der Waals surface area contributed by atoms with Crippen LogP contribution in [0.2, 0.25) is 0 Å². The molecule has 0 aliphatic carbocycles. The van der Waals surface area contributed by atoms with Crippen molar-refractivity contribution in [3.8, 4) is 16.9 Å². The summed E-state index contributed by atoms with van der Waals surface area (Å²) in [6.07, 6.45) is 4.24. The molecule has 3 amide bonds. The molecule has 0 aliphatic heterocycles. The molecule has 39 heavy (non-hydrogen) atoms. The Kier molecular flexibility index (Phi) is 11.1. The topological polar surface area (TPSA) is 108 Å². The van der Waals surface area contributed by atoms with E-state index in [1.807, 2.05) is 66.7 Å². The van der Waals surface area contributed by atoms with Crippen molar-refractivity contribution in [3.05, 3.63) is 89.0 Å². The summed E-state index contributed by atoms with van der Waals surface area (Å²) < 4.78 is 5.81. The van der Waals surface area contributed by atoms with Gasteiger partial charge in [-0.3, -0.25) is 19.6 Å². The number of benzene rings is 3. The molecule has 0 atom stereocenters. The summed E-state index contributed by atoms with van der Waals surface area (Å²) in [4.78, 5) is 37.3. The number of nitrogens with zero attached hydrogens (tertiary/aromatic N) is 1. The van der Waals surface area contributed by atoms with E-state index in [-0.39, 0.29) is 17.7 Å². The van der Waals surface area contributed by atoms with E-state index in [0.29, 0.717) is 36.9 Å². The van der Waals surface area contributed by atoms with Gasteiger partial charge < -0.3 is 15.0 Å². The highest BCUT2D eigenvalue weighted by Gasteiger charge is 2.14. The summed E-state index contributed by atoms with van der Waals surface area (Å²) in [5, 5.41) is 11.4. The van der Waals surface area contributed by atoms with Crippen molar-refractivity contribution in [2.24, 2.45) is 0 Å². The van der Waals surface area contributed by atoms with E-state index in [2.05, 4.69) is 5.32 Å². The second-order valence-corrected chi connectivity index (χ2v) is 9.60. The summed E-state index contributed by atoms with van der Waals surface area (Å²) in [5.41, 5.74) is 6.85. The first-order chi connectivity index (χ1) is 18.8. The predicted octanol–water partition coefficient (Wildman–Crippen LogP) is 4.84. The fourth-order valence-corrected chi connectivity index (χ4v) is 4.36. The molecule has 3 rings (SSSR count). The number of carbonyl (C=O) groups excluding carboxylic acids is 3. The Hall–Kier alpha value is -4.17. The first kappa shape index (κ1) is 29.4. The molecule has 3 aromatic carbocycles.